The molecular formula is C19H20FN5O5S. The Labute approximate surface area is 181 Å². The molecule has 0 atom stereocenters. The lowest BCUT2D eigenvalue weighted by molar-refractivity contribution is -0.108. The lowest BCUT2D eigenvalue weighted by Gasteiger charge is -2.18. The fourth-order valence-corrected chi connectivity index (χ4v) is 2.88. The SMILES string of the molecule is CCN(C)SNc1ccc(F)c(Oc2c(O)c(C)c(N=CNC=O)c(O)c2O)c1C#N. The van der Waals surface area contributed by atoms with Crippen LogP contribution in [0.4, 0.5) is 15.8 Å². The maximum atomic E-state index is 14.5. The minimum atomic E-state index is -0.928. The molecule has 0 saturated heterocycles. The number of phenolic OH excluding ortho intramolecular Hbond substituents is 3. The molecule has 0 bridgehead atoms. The Kier molecular flexibility index (Phi) is 7.89. The molecule has 1 amide bonds. The van der Waals surface area contributed by atoms with E-state index < -0.39 is 34.6 Å². The number of rotatable bonds is 9. The van der Waals surface area contributed by atoms with Gasteiger partial charge in [0.25, 0.3) is 0 Å². The second-order valence-corrected chi connectivity index (χ2v) is 7.05. The third kappa shape index (κ3) is 5.08. The lowest BCUT2D eigenvalue weighted by atomic mass is 10.1. The molecule has 0 saturated carbocycles. The highest BCUT2D eigenvalue weighted by atomic mass is 32.2. The van der Waals surface area contributed by atoms with Crippen LogP contribution < -0.4 is 14.8 Å². The van der Waals surface area contributed by atoms with Gasteiger partial charge in [0.15, 0.2) is 23.1 Å². The van der Waals surface area contributed by atoms with Crippen LogP contribution in [0.15, 0.2) is 17.1 Å². The molecule has 0 radical (unpaired) electrons. The van der Waals surface area contributed by atoms with E-state index in [-0.39, 0.29) is 22.5 Å². The molecule has 2 aromatic carbocycles. The van der Waals surface area contributed by atoms with Crippen molar-refractivity contribution >= 4 is 36.3 Å². The highest BCUT2D eigenvalue weighted by molar-refractivity contribution is 7.98. The third-order valence-corrected chi connectivity index (χ3v) is 4.99. The summed E-state index contributed by atoms with van der Waals surface area (Å²) in [5, 5.41) is 42.6. The van der Waals surface area contributed by atoms with E-state index in [2.05, 4.69) is 15.0 Å². The molecule has 31 heavy (non-hydrogen) atoms. The average molecular weight is 449 g/mol. The van der Waals surface area contributed by atoms with E-state index in [4.69, 9.17) is 4.74 Å². The van der Waals surface area contributed by atoms with Gasteiger partial charge in [0.1, 0.15) is 17.3 Å². The molecule has 10 nitrogen and oxygen atoms in total. The second-order valence-electron chi connectivity index (χ2n) is 6.04. The third-order valence-electron chi connectivity index (χ3n) is 4.11. The summed E-state index contributed by atoms with van der Waals surface area (Å²) in [6.07, 6.45) is 1.26. The van der Waals surface area contributed by atoms with Crippen LogP contribution in [0, 0.1) is 24.1 Å². The zero-order valence-corrected chi connectivity index (χ0v) is 17.6. The first kappa shape index (κ1) is 23.6. The Balaban J connectivity index is 2.53. The molecule has 0 aliphatic rings. The summed E-state index contributed by atoms with van der Waals surface area (Å²) in [6, 6.07) is 4.23. The van der Waals surface area contributed by atoms with Crippen LogP contribution in [-0.2, 0) is 4.79 Å². The van der Waals surface area contributed by atoms with Crippen LogP contribution in [-0.4, -0.2) is 46.0 Å². The minimum absolute atomic E-state index is 0.0254. The number of aliphatic imine (C=N–C) groups is 1. The number of aromatic hydroxyl groups is 3. The zero-order valence-electron chi connectivity index (χ0n) is 16.8. The van der Waals surface area contributed by atoms with E-state index in [9.17, 15) is 29.8 Å². The van der Waals surface area contributed by atoms with Crippen molar-refractivity contribution in [2.75, 3.05) is 18.3 Å². The van der Waals surface area contributed by atoms with Crippen LogP contribution in [0.3, 0.4) is 0 Å². The summed E-state index contributed by atoms with van der Waals surface area (Å²) >= 11 is 1.17. The van der Waals surface area contributed by atoms with Gasteiger partial charge in [0.05, 0.1) is 12.0 Å². The first-order chi connectivity index (χ1) is 14.8. The van der Waals surface area contributed by atoms with Crippen molar-refractivity contribution in [2.45, 2.75) is 13.8 Å². The van der Waals surface area contributed by atoms with Crippen LogP contribution in [0.25, 0.3) is 0 Å². The number of nitriles is 1. The predicted octanol–water partition coefficient (Wildman–Crippen LogP) is 3.25. The van der Waals surface area contributed by atoms with E-state index in [0.717, 1.165) is 12.4 Å². The summed E-state index contributed by atoms with van der Waals surface area (Å²) in [5.74, 6) is -4.50. The number of nitrogens with one attached hydrogen (secondary N) is 2. The molecule has 0 unspecified atom stereocenters. The fraction of sp³-hybridized carbons (Fsp3) is 0.211. The minimum Gasteiger partial charge on any atom is -0.504 e. The van der Waals surface area contributed by atoms with Gasteiger partial charge in [0.2, 0.25) is 17.9 Å². The Morgan fingerprint density at radius 3 is 2.61 bits per heavy atom. The number of carbonyl (C=O) groups excluding carboxylic acids is 1. The molecule has 2 aromatic rings. The highest BCUT2D eigenvalue weighted by Crippen LogP contribution is 2.53. The first-order valence-electron chi connectivity index (χ1n) is 8.80. The van der Waals surface area contributed by atoms with Gasteiger partial charge in [-0.3, -0.25) is 4.79 Å². The topological polar surface area (TPSA) is 150 Å². The number of benzene rings is 2. The van der Waals surface area contributed by atoms with Gasteiger partial charge in [-0.15, -0.1) is 0 Å². The van der Waals surface area contributed by atoms with Crippen LogP contribution in [0.1, 0.15) is 18.1 Å². The summed E-state index contributed by atoms with van der Waals surface area (Å²) in [7, 11) is 1.81. The Morgan fingerprint density at radius 2 is 2.00 bits per heavy atom. The van der Waals surface area contributed by atoms with Gasteiger partial charge >= 0.3 is 0 Å². The smallest absolute Gasteiger partial charge is 0.215 e. The first-order valence-corrected chi connectivity index (χ1v) is 9.58. The van der Waals surface area contributed by atoms with Crippen LogP contribution >= 0.6 is 12.1 Å². The van der Waals surface area contributed by atoms with Crippen molar-refractivity contribution < 1.29 is 29.2 Å². The van der Waals surface area contributed by atoms with Gasteiger partial charge in [-0.25, -0.2) is 13.7 Å². The highest BCUT2D eigenvalue weighted by Gasteiger charge is 2.26. The van der Waals surface area contributed by atoms with Crippen molar-refractivity contribution in [1.29, 1.82) is 5.26 Å². The van der Waals surface area contributed by atoms with E-state index in [1.165, 1.54) is 25.1 Å². The molecule has 2 rings (SSSR count). The summed E-state index contributed by atoms with van der Waals surface area (Å²) in [4.78, 5) is 14.1. The van der Waals surface area contributed by atoms with Crippen molar-refractivity contribution in [1.82, 2.24) is 9.62 Å². The quantitative estimate of drug-likeness (QED) is 0.0970. The van der Waals surface area contributed by atoms with E-state index in [1.54, 1.807) is 7.05 Å². The van der Waals surface area contributed by atoms with Crippen molar-refractivity contribution in [3.63, 3.8) is 0 Å². The number of carbonyl (C=O) groups is 1. The molecule has 0 spiro atoms. The monoisotopic (exact) mass is 449 g/mol. The maximum absolute atomic E-state index is 14.5. The second kappa shape index (κ2) is 10.4. The Hall–Kier alpha value is -3.69. The number of ether oxygens (including phenoxy) is 1. The van der Waals surface area contributed by atoms with Gasteiger partial charge in [-0.2, -0.15) is 5.26 Å². The van der Waals surface area contributed by atoms with Crippen LogP contribution in [0.5, 0.6) is 28.7 Å². The van der Waals surface area contributed by atoms with Crippen molar-refractivity contribution in [3.05, 3.63) is 29.1 Å². The number of hydrogen-bond acceptors (Lipinski definition) is 10. The van der Waals surface area contributed by atoms with Gasteiger partial charge < -0.3 is 30.1 Å². The maximum Gasteiger partial charge on any atom is 0.215 e. The van der Waals surface area contributed by atoms with Gasteiger partial charge in [0, 0.05) is 24.2 Å². The van der Waals surface area contributed by atoms with Crippen molar-refractivity contribution in [2.24, 2.45) is 4.99 Å². The molecule has 0 fully saturated rings. The molecular weight excluding hydrogens is 429 g/mol. The summed E-state index contributed by atoms with van der Waals surface area (Å²) < 4.78 is 24.6. The normalized spacial score (nSPS) is 10.8. The molecule has 0 aliphatic carbocycles. The van der Waals surface area contributed by atoms with Crippen molar-refractivity contribution in [3.8, 4) is 34.8 Å². The summed E-state index contributed by atoms with van der Waals surface area (Å²) in [5.41, 5.74) is -0.245. The molecule has 0 aromatic heterocycles. The standard InChI is InChI=1S/C19H20FN5O5S/c1-4-25(3)31-24-13-6-5-12(20)18(11(13)7-21)30-19-15(27)10(2)14(16(28)17(19)29)23-8-22-9-26/h5-6,8-9,24,27-29H,4H2,1-3H3,(H,22,23,26). The van der Waals surface area contributed by atoms with E-state index >= 15 is 0 Å². The Morgan fingerprint density at radius 1 is 1.29 bits per heavy atom. The zero-order chi connectivity index (χ0) is 23.1. The summed E-state index contributed by atoms with van der Waals surface area (Å²) in [6.45, 7) is 3.97. The largest absolute Gasteiger partial charge is 0.504 e. The average Bonchev–Trinajstić information content (AvgIpc) is 2.77. The fourth-order valence-electron chi connectivity index (χ4n) is 2.33. The number of amides is 1. The number of halogens is 1. The van der Waals surface area contributed by atoms with E-state index in [0.29, 0.717) is 13.0 Å². The molecule has 0 aliphatic heterocycles. The van der Waals surface area contributed by atoms with Gasteiger partial charge in [-0.05, 0) is 26.1 Å². The van der Waals surface area contributed by atoms with Crippen LogP contribution in [0.2, 0.25) is 0 Å². The number of anilines is 1. The number of phenols is 3. The predicted molar refractivity (Wildman–Crippen MR) is 114 cm³/mol. The number of hydrogen-bond donors (Lipinski definition) is 5. The molecule has 5 N–H and O–H groups in total. The molecule has 164 valence electrons. The van der Waals surface area contributed by atoms with Gasteiger partial charge in [-0.1, -0.05) is 6.92 Å². The Bertz CT molecular complexity index is 1030. The molecule has 0 heterocycles. The lowest BCUT2D eigenvalue weighted by Crippen LogP contribution is -2.11. The molecule has 12 heteroatoms. The number of nitrogens with zero attached hydrogens (tertiary/aromatic N) is 3. The van der Waals surface area contributed by atoms with E-state index in [1.807, 2.05) is 17.3 Å².